The Morgan fingerprint density at radius 1 is 1.16 bits per heavy atom. The van der Waals surface area contributed by atoms with E-state index in [2.05, 4.69) is 66.1 Å². The Bertz CT molecular complexity index is 1110. The third-order valence-corrected chi connectivity index (χ3v) is 7.24. The maximum atomic E-state index is 11.2. The smallest absolute Gasteiger partial charge is 0.265 e. The monoisotopic (exact) mass is 442 g/mol. The Kier molecular flexibility index (Phi) is 5.40. The SMILES string of the molecule is CN(C)c1ccc(/C=C/C23OCCN2c2ccc(CCS(=O)(=O)O)cc2C3(C)C)cc1. The second-order valence-corrected chi connectivity index (χ2v) is 10.6. The molecule has 6 nitrogen and oxygen atoms in total. The highest BCUT2D eigenvalue weighted by Crippen LogP contribution is 2.55. The third kappa shape index (κ3) is 3.86. The molecule has 1 saturated heterocycles. The molecule has 0 aliphatic carbocycles. The second kappa shape index (κ2) is 7.65. The molecule has 1 fully saturated rings. The van der Waals surface area contributed by atoms with E-state index in [1.54, 1.807) is 0 Å². The lowest BCUT2D eigenvalue weighted by molar-refractivity contribution is 0.000325. The molecule has 2 heterocycles. The van der Waals surface area contributed by atoms with Gasteiger partial charge in [-0.2, -0.15) is 8.42 Å². The molecule has 4 rings (SSSR count). The maximum Gasteiger partial charge on any atom is 0.265 e. The largest absolute Gasteiger partial charge is 0.378 e. The third-order valence-electron chi connectivity index (χ3n) is 6.52. The van der Waals surface area contributed by atoms with Crippen LogP contribution < -0.4 is 9.80 Å². The summed E-state index contributed by atoms with van der Waals surface area (Å²) in [5, 5.41) is 0. The van der Waals surface area contributed by atoms with Gasteiger partial charge in [0.1, 0.15) is 0 Å². The number of fused-ring (bicyclic) bond motifs is 3. The van der Waals surface area contributed by atoms with Crippen LogP contribution in [0.3, 0.4) is 0 Å². The summed E-state index contributed by atoms with van der Waals surface area (Å²) in [7, 11) is 0.0594. The number of hydrogen-bond donors (Lipinski definition) is 1. The predicted octanol–water partition coefficient (Wildman–Crippen LogP) is 3.72. The normalized spacial score (nSPS) is 22.0. The highest BCUT2D eigenvalue weighted by molar-refractivity contribution is 7.85. The van der Waals surface area contributed by atoms with Crippen molar-refractivity contribution in [1.82, 2.24) is 0 Å². The van der Waals surface area contributed by atoms with Crippen molar-refractivity contribution < 1.29 is 17.7 Å². The lowest BCUT2D eigenvalue weighted by Gasteiger charge is -2.39. The Hall–Kier alpha value is -2.35. The molecule has 2 aliphatic rings. The minimum absolute atomic E-state index is 0.277. The van der Waals surface area contributed by atoms with Crippen molar-refractivity contribution in [3.05, 3.63) is 65.2 Å². The van der Waals surface area contributed by atoms with Crippen LogP contribution in [0.15, 0.2) is 48.5 Å². The molecule has 1 unspecified atom stereocenters. The van der Waals surface area contributed by atoms with Crippen LogP contribution in [0.5, 0.6) is 0 Å². The zero-order valence-electron chi connectivity index (χ0n) is 18.5. The van der Waals surface area contributed by atoms with Crippen LogP contribution in [0, 0.1) is 0 Å². The molecule has 0 aromatic heterocycles. The first-order valence-corrected chi connectivity index (χ1v) is 12.1. The number of rotatable bonds is 6. The van der Waals surface area contributed by atoms with Gasteiger partial charge in [-0.15, -0.1) is 0 Å². The lowest BCUT2D eigenvalue weighted by atomic mass is 9.76. The second-order valence-electron chi connectivity index (χ2n) is 9.03. The molecular weight excluding hydrogens is 412 g/mol. The van der Waals surface area contributed by atoms with Gasteiger partial charge in [-0.3, -0.25) is 4.55 Å². The molecule has 0 amide bonds. The minimum Gasteiger partial charge on any atom is -0.378 e. The van der Waals surface area contributed by atoms with Crippen molar-refractivity contribution in [2.24, 2.45) is 0 Å². The average Bonchev–Trinajstić information content (AvgIpc) is 3.22. The van der Waals surface area contributed by atoms with E-state index in [9.17, 15) is 8.42 Å². The van der Waals surface area contributed by atoms with E-state index >= 15 is 0 Å². The molecule has 2 aromatic carbocycles. The minimum atomic E-state index is -3.99. The van der Waals surface area contributed by atoms with E-state index < -0.39 is 15.8 Å². The maximum absolute atomic E-state index is 11.2. The van der Waals surface area contributed by atoms with Crippen LogP contribution in [0.1, 0.15) is 30.5 Å². The van der Waals surface area contributed by atoms with E-state index in [0.717, 1.165) is 34.6 Å². The van der Waals surface area contributed by atoms with E-state index in [-0.39, 0.29) is 17.6 Å². The fourth-order valence-electron chi connectivity index (χ4n) is 4.71. The topological polar surface area (TPSA) is 70.1 Å². The first kappa shape index (κ1) is 21.9. The van der Waals surface area contributed by atoms with Crippen LogP contribution in [0.2, 0.25) is 0 Å². The first-order chi connectivity index (χ1) is 14.5. The molecule has 2 aliphatic heterocycles. The van der Waals surface area contributed by atoms with E-state index in [4.69, 9.17) is 9.29 Å². The van der Waals surface area contributed by atoms with Crippen molar-refractivity contribution in [3.63, 3.8) is 0 Å². The van der Waals surface area contributed by atoms with Crippen LogP contribution in [-0.2, 0) is 26.7 Å². The number of anilines is 2. The van der Waals surface area contributed by atoms with Crippen molar-refractivity contribution >= 4 is 27.6 Å². The molecule has 0 radical (unpaired) electrons. The number of aryl methyl sites for hydroxylation is 1. The molecule has 166 valence electrons. The molecule has 7 heteroatoms. The average molecular weight is 443 g/mol. The van der Waals surface area contributed by atoms with Gasteiger partial charge in [-0.05, 0) is 47.4 Å². The summed E-state index contributed by atoms with van der Waals surface area (Å²) in [5.41, 5.74) is 4.46. The standard InChI is InChI=1S/C24H30N2O4S/c1-23(2)21-17-19(12-16-31(27,28)29)7-10-22(21)26-14-15-30-24(23,26)13-11-18-5-8-20(9-6-18)25(3)4/h5-11,13,17H,12,14-16H2,1-4H3,(H,27,28,29)/b13-11+. The van der Waals surface area contributed by atoms with Gasteiger partial charge in [0, 0.05) is 37.4 Å². The van der Waals surface area contributed by atoms with Gasteiger partial charge in [0.05, 0.1) is 12.4 Å². The van der Waals surface area contributed by atoms with Crippen molar-refractivity contribution in [2.75, 3.05) is 42.8 Å². The summed E-state index contributed by atoms with van der Waals surface area (Å²) >= 11 is 0. The predicted molar refractivity (Wildman–Crippen MR) is 125 cm³/mol. The molecule has 31 heavy (non-hydrogen) atoms. The van der Waals surface area contributed by atoms with Gasteiger partial charge in [0.25, 0.3) is 10.1 Å². The highest BCUT2D eigenvalue weighted by Gasteiger charge is 2.59. The fraction of sp³-hybridized carbons (Fsp3) is 0.417. The molecule has 0 spiro atoms. The molecule has 1 N–H and O–H groups in total. The van der Waals surface area contributed by atoms with Gasteiger partial charge in [-0.25, -0.2) is 0 Å². The summed E-state index contributed by atoms with van der Waals surface area (Å²) in [5.74, 6) is -0.277. The number of benzene rings is 2. The number of nitrogens with zero attached hydrogens (tertiary/aromatic N) is 2. The quantitative estimate of drug-likeness (QED) is 0.688. The summed E-state index contributed by atoms with van der Waals surface area (Å²) in [6, 6.07) is 14.4. The van der Waals surface area contributed by atoms with E-state index in [1.165, 1.54) is 0 Å². The zero-order valence-corrected chi connectivity index (χ0v) is 19.3. The highest BCUT2D eigenvalue weighted by atomic mass is 32.2. The summed E-state index contributed by atoms with van der Waals surface area (Å²) in [4.78, 5) is 4.38. The van der Waals surface area contributed by atoms with Crippen molar-refractivity contribution in [2.45, 2.75) is 31.4 Å². The van der Waals surface area contributed by atoms with Gasteiger partial charge < -0.3 is 14.5 Å². The summed E-state index contributed by atoms with van der Waals surface area (Å²) in [6.45, 7) is 5.79. The molecule has 2 aromatic rings. The Morgan fingerprint density at radius 3 is 2.52 bits per heavy atom. The number of ether oxygens (including phenoxy) is 1. The molecular formula is C24H30N2O4S. The van der Waals surface area contributed by atoms with Gasteiger partial charge >= 0.3 is 0 Å². The molecule has 0 saturated carbocycles. The Balaban J connectivity index is 1.67. The van der Waals surface area contributed by atoms with Crippen LogP contribution in [0.4, 0.5) is 11.4 Å². The summed E-state index contributed by atoms with van der Waals surface area (Å²) < 4.78 is 37.8. The van der Waals surface area contributed by atoms with Crippen LogP contribution in [-0.4, -0.2) is 51.7 Å². The van der Waals surface area contributed by atoms with Crippen LogP contribution in [0.25, 0.3) is 6.08 Å². The molecule has 1 atom stereocenters. The Labute approximate surface area is 184 Å². The van der Waals surface area contributed by atoms with E-state index in [1.807, 2.05) is 26.2 Å². The van der Waals surface area contributed by atoms with Gasteiger partial charge in [0.15, 0.2) is 5.72 Å². The van der Waals surface area contributed by atoms with Crippen LogP contribution >= 0.6 is 0 Å². The fourth-order valence-corrected chi connectivity index (χ4v) is 5.20. The van der Waals surface area contributed by atoms with Crippen molar-refractivity contribution in [1.29, 1.82) is 0 Å². The number of hydrogen-bond acceptors (Lipinski definition) is 5. The summed E-state index contributed by atoms with van der Waals surface area (Å²) in [6.07, 6.45) is 4.55. The van der Waals surface area contributed by atoms with Crippen molar-refractivity contribution in [3.8, 4) is 0 Å². The Morgan fingerprint density at radius 2 is 1.87 bits per heavy atom. The lowest BCUT2D eigenvalue weighted by Crippen LogP contribution is -2.51. The van der Waals surface area contributed by atoms with Gasteiger partial charge in [0.2, 0.25) is 0 Å². The van der Waals surface area contributed by atoms with E-state index in [0.29, 0.717) is 6.61 Å². The zero-order chi connectivity index (χ0) is 22.4. The van der Waals surface area contributed by atoms with Gasteiger partial charge in [-0.1, -0.05) is 44.2 Å². The first-order valence-electron chi connectivity index (χ1n) is 10.5. The molecule has 0 bridgehead atoms.